The van der Waals surface area contributed by atoms with Gasteiger partial charge < -0.3 is 9.47 Å². The molecule has 1 aromatic carbocycles. The predicted octanol–water partition coefficient (Wildman–Crippen LogP) is 1.89. The SMILES string of the molecule is O=C(COC(=O)[C@@H]1[C@H]2C[C@H]3[C@H](OC(=O)[C@H]31)[C@@H]2Br)c1cccc([N+](=O)[O-])c1. The lowest BCUT2D eigenvalue weighted by Gasteiger charge is -2.26. The van der Waals surface area contributed by atoms with Crippen molar-refractivity contribution in [3.05, 3.63) is 39.9 Å². The fourth-order valence-electron chi connectivity index (χ4n) is 4.40. The molecule has 0 N–H and O–H groups in total. The molecule has 0 unspecified atom stereocenters. The van der Waals surface area contributed by atoms with Crippen LogP contribution >= 0.6 is 15.9 Å². The number of hydrogen-bond acceptors (Lipinski definition) is 7. The van der Waals surface area contributed by atoms with Gasteiger partial charge in [0, 0.05) is 23.6 Å². The van der Waals surface area contributed by atoms with Crippen molar-refractivity contribution in [2.75, 3.05) is 6.61 Å². The molecular weight excluding hydrogens is 410 g/mol. The molecule has 1 aliphatic heterocycles. The van der Waals surface area contributed by atoms with E-state index in [1.807, 2.05) is 0 Å². The minimum absolute atomic E-state index is 0.0156. The third-order valence-electron chi connectivity index (χ3n) is 5.52. The first kappa shape index (κ1) is 17.1. The van der Waals surface area contributed by atoms with Crippen LogP contribution in [0.3, 0.4) is 0 Å². The molecular formula is C17H14BrNO7. The second kappa shape index (κ2) is 6.15. The van der Waals surface area contributed by atoms with E-state index in [1.54, 1.807) is 0 Å². The fourth-order valence-corrected chi connectivity index (χ4v) is 5.45. The minimum Gasteiger partial charge on any atom is -0.461 e. The predicted molar refractivity (Wildman–Crippen MR) is 89.6 cm³/mol. The Morgan fingerprint density at radius 3 is 2.85 bits per heavy atom. The molecule has 0 radical (unpaired) electrons. The molecule has 2 bridgehead atoms. The standard InChI is InChI=1S/C17H14BrNO7/c18-14-9-5-10-13(17(22)26-15(10)14)12(9)16(21)25-6-11(20)7-2-1-3-8(4-7)19(23)24/h1-4,9-10,12-15H,5-6H2/t9-,10-,12-,13-,14-,15+/m1/s1. The van der Waals surface area contributed by atoms with Crippen molar-refractivity contribution in [2.24, 2.45) is 23.7 Å². The number of rotatable bonds is 5. The Kier molecular flexibility index (Phi) is 4.06. The average molecular weight is 424 g/mol. The first-order valence-corrected chi connectivity index (χ1v) is 9.09. The van der Waals surface area contributed by atoms with Crippen molar-refractivity contribution in [3.63, 3.8) is 0 Å². The van der Waals surface area contributed by atoms with Crippen molar-refractivity contribution in [2.45, 2.75) is 17.4 Å². The highest BCUT2D eigenvalue weighted by Crippen LogP contribution is 2.60. The van der Waals surface area contributed by atoms with Crippen molar-refractivity contribution in [3.8, 4) is 0 Å². The molecule has 1 aromatic rings. The Balaban J connectivity index is 1.43. The molecule has 0 spiro atoms. The maximum atomic E-state index is 12.5. The van der Waals surface area contributed by atoms with Gasteiger partial charge in [-0.15, -0.1) is 0 Å². The summed E-state index contributed by atoms with van der Waals surface area (Å²) in [7, 11) is 0. The Morgan fingerprint density at radius 1 is 1.35 bits per heavy atom. The van der Waals surface area contributed by atoms with Crippen molar-refractivity contribution in [1.82, 2.24) is 0 Å². The van der Waals surface area contributed by atoms with Gasteiger partial charge in [-0.2, -0.15) is 0 Å². The second-order valence-electron chi connectivity index (χ2n) is 6.80. The van der Waals surface area contributed by atoms with Crippen LogP contribution in [0, 0.1) is 33.8 Å². The van der Waals surface area contributed by atoms with Gasteiger partial charge in [0.05, 0.1) is 21.6 Å². The summed E-state index contributed by atoms with van der Waals surface area (Å²) in [6.07, 6.45) is 0.531. The number of Topliss-reactive ketones (excluding diaryl/α,β-unsaturated/α-hetero) is 1. The first-order valence-electron chi connectivity index (χ1n) is 8.17. The van der Waals surface area contributed by atoms with Crippen LogP contribution in [-0.2, 0) is 19.1 Å². The molecule has 2 aliphatic carbocycles. The molecule has 1 heterocycles. The summed E-state index contributed by atoms with van der Waals surface area (Å²) in [5, 5.41) is 10.8. The number of fused-ring (bicyclic) bond motifs is 1. The molecule has 0 aromatic heterocycles. The molecule has 3 aliphatic rings. The molecule has 0 amide bonds. The van der Waals surface area contributed by atoms with E-state index in [2.05, 4.69) is 15.9 Å². The maximum absolute atomic E-state index is 12.5. The highest BCUT2D eigenvalue weighted by Gasteiger charge is 2.68. The largest absolute Gasteiger partial charge is 0.461 e. The quantitative estimate of drug-likeness (QED) is 0.233. The topological polar surface area (TPSA) is 113 Å². The Hall–Kier alpha value is -2.29. The molecule has 26 heavy (non-hydrogen) atoms. The van der Waals surface area contributed by atoms with E-state index in [0.717, 1.165) is 12.5 Å². The van der Waals surface area contributed by atoms with Crippen molar-refractivity contribution < 1.29 is 28.8 Å². The zero-order valence-electron chi connectivity index (χ0n) is 13.4. The summed E-state index contributed by atoms with van der Waals surface area (Å²) < 4.78 is 10.5. The van der Waals surface area contributed by atoms with Crippen LogP contribution in [0.2, 0.25) is 0 Å². The van der Waals surface area contributed by atoms with E-state index in [1.165, 1.54) is 18.2 Å². The highest BCUT2D eigenvalue weighted by atomic mass is 79.9. The van der Waals surface area contributed by atoms with E-state index in [-0.39, 0.29) is 40.0 Å². The molecule has 1 saturated heterocycles. The number of ketones is 1. The van der Waals surface area contributed by atoms with Gasteiger partial charge in [0.15, 0.2) is 6.61 Å². The third-order valence-corrected chi connectivity index (χ3v) is 6.72. The maximum Gasteiger partial charge on any atom is 0.310 e. The van der Waals surface area contributed by atoms with E-state index >= 15 is 0 Å². The number of nitro groups is 1. The Labute approximate surface area is 156 Å². The summed E-state index contributed by atoms with van der Waals surface area (Å²) in [6, 6.07) is 5.23. The van der Waals surface area contributed by atoms with Gasteiger partial charge in [-0.05, 0) is 12.3 Å². The van der Waals surface area contributed by atoms with E-state index < -0.39 is 35.1 Å². The van der Waals surface area contributed by atoms with Gasteiger partial charge in [-0.3, -0.25) is 24.5 Å². The number of nitro benzene ring substituents is 1. The lowest BCUT2D eigenvalue weighted by Crippen LogP contribution is -2.39. The molecule has 6 atom stereocenters. The molecule has 4 rings (SSSR count). The van der Waals surface area contributed by atoms with Gasteiger partial charge in [-0.1, -0.05) is 28.1 Å². The number of halogens is 1. The Bertz CT molecular complexity index is 825. The number of esters is 2. The smallest absolute Gasteiger partial charge is 0.310 e. The molecule has 136 valence electrons. The zero-order valence-corrected chi connectivity index (χ0v) is 15.0. The van der Waals surface area contributed by atoms with Crippen LogP contribution in [0.1, 0.15) is 16.8 Å². The molecule has 2 saturated carbocycles. The number of hydrogen-bond donors (Lipinski definition) is 0. The normalized spacial score (nSPS) is 33.8. The third kappa shape index (κ3) is 2.53. The average Bonchev–Trinajstić information content (AvgIpc) is 3.23. The lowest BCUT2D eigenvalue weighted by atomic mass is 9.80. The van der Waals surface area contributed by atoms with Gasteiger partial charge >= 0.3 is 11.9 Å². The number of non-ortho nitro benzene ring substituents is 1. The monoisotopic (exact) mass is 423 g/mol. The number of alkyl halides is 1. The summed E-state index contributed by atoms with van der Waals surface area (Å²) in [5.41, 5.74) is -0.115. The van der Waals surface area contributed by atoms with Crippen LogP contribution in [0.15, 0.2) is 24.3 Å². The number of carbonyl (C=O) groups is 3. The number of carbonyl (C=O) groups excluding carboxylic acids is 3. The van der Waals surface area contributed by atoms with Gasteiger partial charge in [0.25, 0.3) is 5.69 Å². The number of ether oxygens (including phenoxy) is 2. The van der Waals surface area contributed by atoms with Gasteiger partial charge in [0.2, 0.25) is 5.78 Å². The van der Waals surface area contributed by atoms with Crippen LogP contribution in [0.5, 0.6) is 0 Å². The van der Waals surface area contributed by atoms with E-state index in [0.29, 0.717) is 0 Å². The van der Waals surface area contributed by atoms with Gasteiger partial charge in [0.1, 0.15) is 6.10 Å². The summed E-state index contributed by atoms with van der Waals surface area (Å²) in [6.45, 7) is -0.522. The van der Waals surface area contributed by atoms with Crippen LogP contribution in [-0.4, -0.2) is 40.2 Å². The van der Waals surface area contributed by atoms with E-state index in [4.69, 9.17) is 9.47 Å². The second-order valence-corrected chi connectivity index (χ2v) is 7.86. The Morgan fingerprint density at radius 2 is 2.12 bits per heavy atom. The molecule has 9 heteroatoms. The minimum atomic E-state index is -0.617. The van der Waals surface area contributed by atoms with E-state index in [9.17, 15) is 24.5 Å². The fraction of sp³-hybridized carbons (Fsp3) is 0.471. The summed E-state index contributed by atoms with van der Waals surface area (Å²) in [5.74, 6) is -2.66. The molecule has 8 nitrogen and oxygen atoms in total. The van der Waals surface area contributed by atoms with Crippen LogP contribution in [0.25, 0.3) is 0 Å². The number of benzene rings is 1. The summed E-state index contributed by atoms with van der Waals surface area (Å²) in [4.78, 5) is 46.8. The lowest BCUT2D eigenvalue weighted by molar-refractivity contribution is -0.384. The van der Waals surface area contributed by atoms with Crippen molar-refractivity contribution >= 4 is 39.3 Å². The van der Waals surface area contributed by atoms with Crippen LogP contribution in [0.4, 0.5) is 5.69 Å². The van der Waals surface area contributed by atoms with Gasteiger partial charge in [-0.25, -0.2) is 0 Å². The van der Waals surface area contributed by atoms with Crippen LogP contribution < -0.4 is 0 Å². The highest BCUT2D eigenvalue weighted by molar-refractivity contribution is 9.09. The van der Waals surface area contributed by atoms with Crippen molar-refractivity contribution in [1.29, 1.82) is 0 Å². The summed E-state index contributed by atoms with van der Waals surface area (Å²) >= 11 is 3.51. The number of nitrogens with zero attached hydrogens (tertiary/aromatic N) is 1. The first-order chi connectivity index (χ1) is 12.4. The molecule has 3 fully saturated rings. The zero-order chi connectivity index (χ0) is 18.6.